The Morgan fingerprint density at radius 2 is 1.00 bits per heavy atom. The topological polar surface area (TPSA) is 95.9 Å². The second-order valence-electron chi connectivity index (χ2n) is 15.5. The van der Waals surface area contributed by atoms with Crippen molar-refractivity contribution in [1.82, 2.24) is 5.32 Å². The maximum atomic E-state index is 13.1. The van der Waals surface area contributed by atoms with Gasteiger partial charge in [0.2, 0.25) is 5.91 Å². The summed E-state index contributed by atoms with van der Waals surface area (Å²) in [5.74, 6) is -0.501. The quantitative estimate of drug-likeness (QED) is 0.0329. The first-order valence-corrected chi connectivity index (χ1v) is 22.9. The van der Waals surface area contributed by atoms with Gasteiger partial charge in [-0.1, -0.05) is 211 Å². The molecule has 0 radical (unpaired) electrons. The van der Waals surface area contributed by atoms with Crippen LogP contribution in [0.3, 0.4) is 0 Å². The lowest BCUT2D eigenvalue weighted by atomic mass is 10.0. The number of hydrogen-bond donors (Lipinski definition) is 3. The third-order valence-electron chi connectivity index (χ3n) is 10.3. The molecule has 314 valence electrons. The van der Waals surface area contributed by atoms with Gasteiger partial charge in [0, 0.05) is 6.42 Å². The molecule has 0 bridgehead atoms. The molecule has 54 heavy (non-hydrogen) atoms. The molecule has 3 unspecified atom stereocenters. The molecule has 1 amide bonds. The number of nitrogens with one attached hydrogen (secondary N) is 1. The van der Waals surface area contributed by atoms with E-state index in [2.05, 4.69) is 56.5 Å². The highest BCUT2D eigenvalue weighted by Gasteiger charge is 2.24. The van der Waals surface area contributed by atoms with E-state index in [1.807, 2.05) is 18.2 Å². The molecular weight excluding hydrogens is 671 g/mol. The molecule has 0 fully saturated rings. The fourth-order valence-corrected chi connectivity index (χ4v) is 6.79. The Bertz CT molecular complexity index is 941. The van der Waals surface area contributed by atoms with E-state index in [1.165, 1.54) is 89.9 Å². The molecule has 0 rings (SSSR count). The van der Waals surface area contributed by atoms with Gasteiger partial charge in [-0.25, -0.2) is 0 Å². The molecule has 0 spiro atoms. The number of hydrogen-bond acceptors (Lipinski definition) is 5. The predicted molar refractivity (Wildman–Crippen MR) is 232 cm³/mol. The van der Waals surface area contributed by atoms with Crippen molar-refractivity contribution in [3.05, 3.63) is 48.6 Å². The Balaban J connectivity index is 4.56. The van der Waals surface area contributed by atoms with E-state index in [-0.39, 0.29) is 24.9 Å². The van der Waals surface area contributed by atoms with Gasteiger partial charge in [-0.2, -0.15) is 0 Å². The summed E-state index contributed by atoms with van der Waals surface area (Å²) < 4.78 is 5.88. The second kappa shape index (κ2) is 42.0. The normalized spacial score (nSPS) is 13.8. The molecule has 3 atom stereocenters. The molecule has 0 aromatic rings. The maximum Gasteiger partial charge on any atom is 0.306 e. The van der Waals surface area contributed by atoms with Crippen LogP contribution in [0, 0.1) is 0 Å². The standard InChI is InChI=1S/C48H87NO5/c1-4-7-10-13-16-19-21-22-23-24-26-29-32-35-38-41-48(53)54-44(39-36-33-30-27-18-15-12-9-6-3)42-47(52)49-45(43-50)46(51)40-37-34-31-28-25-20-17-14-11-8-5-2/h7,10,13,16,19,21-23,44-46,50-51H,4-6,8-9,11-12,14-15,17-18,20,24-43H2,1-3H3,(H,49,52)/b10-7+,16-13+,21-19+,23-22-. The van der Waals surface area contributed by atoms with E-state index in [0.29, 0.717) is 19.3 Å². The molecule has 0 aliphatic carbocycles. The van der Waals surface area contributed by atoms with Gasteiger partial charge in [-0.15, -0.1) is 0 Å². The number of aliphatic hydroxyl groups excluding tert-OH is 2. The summed E-state index contributed by atoms with van der Waals surface area (Å²) in [6.07, 6.45) is 48.8. The van der Waals surface area contributed by atoms with E-state index in [1.54, 1.807) is 0 Å². The monoisotopic (exact) mass is 758 g/mol. The van der Waals surface area contributed by atoms with E-state index in [4.69, 9.17) is 4.74 Å². The van der Waals surface area contributed by atoms with Crippen molar-refractivity contribution in [3.63, 3.8) is 0 Å². The Morgan fingerprint density at radius 1 is 0.556 bits per heavy atom. The predicted octanol–water partition coefficient (Wildman–Crippen LogP) is 13.1. The third kappa shape index (κ3) is 36.8. The summed E-state index contributed by atoms with van der Waals surface area (Å²) in [5.41, 5.74) is 0. The largest absolute Gasteiger partial charge is 0.462 e. The summed E-state index contributed by atoms with van der Waals surface area (Å²) in [5, 5.41) is 23.6. The average Bonchev–Trinajstić information content (AvgIpc) is 3.16. The zero-order valence-corrected chi connectivity index (χ0v) is 35.6. The van der Waals surface area contributed by atoms with Crippen LogP contribution in [0.1, 0.15) is 220 Å². The van der Waals surface area contributed by atoms with Crippen LogP contribution >= 0.6 is 0 Å². The minimum absolute atomic E-state index is 0.0688. The first kappa shape index (κ1) is 51.8. The van der Waals surface area contributed by atoms with Gasteiger partial charge in [-0.3, -0.25) is 9.59 Å². The first-order chi connectivity index (χ1) is 26.5. The van der Waals surface area contributed by atoms with Crippen LogP contribution in [0.25, 0.3) is 0 Å². The number of esters is 1. The average molecular weight is 758 g/mol. The third-order valence-corrected chi connectivity index (χ3v) is 10.3. The number of unbranched alkanes of at least 4 members (excludes halogenated alkanes) is 23. The summed E-state index contributed by atoms with van der Waals surface area (Å²) in [4.78, 5) is 25.9. The minimum atomic E-state index is -0.788. The summed E-state index contributed by atoms with van der Waals surface area (Å²) in [6, 6.07) is -0.702. The van der Waals surface area contributed by atoms with Crippen LogP contribution in [0.4, 0.5) is 0 Å². The van der Waals surface area contributed by atoms with Crippen molar-refractivity contribution < 1.29 is 24.5 Å². The number of allylic oxidation sites excluding steroid dienone is 8. The fraction of sp³-hybridized carbons (Fsp3) is 0.792. The van der Waals surface area contributed by atoms with Gasteiger partial charge in [0.25, 0.3) is 0 Å². The van der Waals surface area contributed by atoms with Crippen LogP contribution < -0.4 is 5.32 Å². The Morgan fingerprint density at radius 3 is 1.52 bits per heavy atom. The zero-order chi connectivity index (χ0) is 39.6. The molecule has 6 nitrogen and oxygen atoms in total. The van der Waals surface area contributed by atoms with Crippen LogP contribution in [-0.2, 0) is 14.3 Å². The van der Waals surface area contributed by atoms with Crippen molar-refractivity contribution >= 4 is 11.9 Å². The lowest BCUT2D eigenvalue weighted by Gasteiger charge is -2.24. The Labute approximate surface area is 334 Å². The summed E-state index contributed by atoms with van der Waals surface area (Å²) in [7, 11) is 0. The molecular formula is C48H87NO5. The number of ether oxygens (including phenoxy) is 1. The van der Waals surface area contributed by atoms with Gasteiger partial charge in [0.15, 0.2) is 0 Å². The highest BCUT2D eigenvalue weighted by Crippen LogP contribution is 2.17. The Hall–Kier alpha value is -2.18. The molecule has 0 aromatic heterocycles. The van der Waals surface area contributed by atoms with Crippen LogP contribution in [0.2, 0.25) is 0 Å². The lowest BCUT2D eigenvalue weighted by Crippen LogP contribution is -2.46. The SMILES string of the molecule is CC/C=C/C=C/C=C/C=C\CCCCCCCC(=O)OC(CCCCCCCCCCC)CC(=O)NC(CO)C(O)CCCCCCCCCCCCC. The van der Waals surface area contributed by atoms with Crippen molar-refractivity contribution in [3.8, 4) is 0 Å². The first-order valence-electron chi connectivity index (χ1n) is 22.9. The van der Waals surface area contributed by atoms with E-state index in [9.17, 15) is 19.8 Å². The van der Waals surface area contributed by atoms with E-state index in [0.717, 1.165) is 83.5 Å². The van der Waals surface area contributed by atoms with Crippen molar-refractivity contribution in [2.24, 2.45) is 0 Å². The molecule has 0 aromatic carbocycles. The van der Waals surface area contributed by atoms with Gasteiger partial charge < -0.3 is 20.3 Å². The van der Waals surface area contributed by atoms with E-state index < -0.39 is 18.2 Å². The Kier molecular flexibility index (Phi) is 40.3. The molecule has 0 heterocycles. The van der Waals surface area contributed by atoms with Gasteiger partial charge in [0.1, 0.15) is 6.10 Å². The van der Waals surface area contributed by atoms with Gasteiger partial charge in [-0.05, 0) is 44.9 Å². The zero-order valence-electron chi connectivity index (χ0n) is 35.6. The number of carbonyl (C=O) groups excluding carboxylic acids is 2. The van der Waals surface area contributed by atoms with Crippen LogP contribution in [-0.4, -0.2) is 46.9 Å². The van der Waals surface area contributed by atoms with Crippen molar-refractivity contribution in [1.29, 1.82) is 0 Å². The van der Waals surface area contributed by atoms with Gasteiger partial charge in [0.05, 0.1) is 25.2 Å². The van der Waals surface area contributed by atoms with Crippen LogP contribution in [0.15, 0.2) is 48.6 Å². The molecule has 0 saturated carbocycles. The molecule has 6 heteroatoms. The second-order valence-corrected chi connectivity index (χ2v) is 15.5. The van der Waals surface area contributed by atoms with Gasteiger partial charge >= 0.3 is 5.97 Å². The molecule has 3 N–H and O–H groups in total. The van der Waals surface area contributed by atoms with Crippen molar-refractivity contribution in [2.45, 2.75) is 238 Å². The smallest absolute Gasteiger partial charge is 0.306 e. The minimum Gasteiger partial charge on any atom is -0.462 e. The number of aliphatic hydroxyl groups is 2. The lowest BCUT2D eigenvalue weighted by molar-refractivity contribution is -0.151. The maximum absolute atomic E-state index is 13.1. The fourth-order valence-electron chi connectivity index (χ4n) is 6.79. The van der Waals surface area contributed by atoms with E-state index >= 15 is 0 Å². The summed E-state index contributed by atoms with van der Waals surface area (Å²) >= 11 is 0. The highest BCUT2D eigenvalue weighted by molar-refractivity contribution is 5.77. The molecule has 0 aliphatic rings. The number of rotatable bonds is 40. The number of carbonyl (C=O) groups is 2. The van der Waals surface area contributed by atoms with Crippen LogP contribution in [0.5, 0.6) is 0 Å². The highest BCUT2D eigenvalue weighted by atomic mass is 16.5. The number of amides is 1. The molecule has 0 saturated heterocycles. The van der Waals surface area contributed by atoms with Crippen molar-refractivity contribution in [2.75, 3.05) is 6.61 Å². The summed E-state index contributed by atoms with van der Waals surface area (Å²) in [6.45, 7) is 6.31. The molecule has 0 aliphatic heterocycles.